The molecule has 100 valence electrons. The Kier molecular flexibility index (Phi) is 4.72. The van der Waals surface area contributed by atoms with Crippen LogP contribution in [0.3, 0.4) is 0 Å². The summed E-state index contributed by atoms with van der Waals surface area (Å²) in [5.74, 6) is -0.128. The lowest BCUT2D eigenvalue weighted by molar-refractivity contribution is 0.0572. The number of rotatable bonds is 4. The van der Waals surface area contributed by atoms with Crippen molar-refractivity contribution in [1.82, 2.24) is 5.32 Å². The molecule has 0 bridgehead atoms. The fourth-order valence-corrected chi connectivity index (χ4v) is 2.78. The lowest BCUT2D eigenvalue weighted by atomic mass is 9.92. The maximum absolute atomic E-state index is 13.7. The van der Waals surface area contributed by atoms with Gasteiger partial charge in [0.2, 0.25) is 0 Å². The van der Waals surface area contributed by atoms with Crippen molar-refractivity contribution in [2.75, 3.05) is 7.11 Å². The largest absolute Gasteiger partial charge is 0.381 e. The van der Waals surface area contributed by atoms with Gasteiger partial charge in [-0.15, -0.1) is 0 Å². The van der Waals surface area contributed by atoms with Gasteiger partial charge in [-0.25, -0.2) is 4.39 Å². The second-order valence-electron chi connectivity index (χ2n) is 5.13. The number of ether oxygens (including phenoxy) is 1. The standard InChI is InChI=1S/C15H22FNO/c1-11(14-8-3-4-9-15(14)16)17-12-6-5-7-13(10-12)18-2/h3-4,8-9,11-13,17H,5-7,10H2,1-2H3/t11-,12?,13?/m1/s1. The van der Waals surface area contributed by atoms with Crippen LogP contribution in [0.25, 0.3) is 0 Å². The summed E-state index contributed by atoms with van der Waals surface area (Å²) in [4.78, 5) is 0. The van der Waals surface area contributed by atoms with Gasteiger partial charge < -0.3 is 10.1 Å². The lowest BCUT2D eigenvalue weighted by Crippen LogP contribution is -2.38. The molecule has 3 atom stereocenters. The molecule has 1 saturated carbocycles. The van der Waals surface area contributed by atoms with Crippen molar-refractivity contribution < 1.29 is 9.13 Å². The van der Waals surface area contributed by atoms with Crippen LogP contribution in [0, 0.1) is 5.82 Å². The van der Waals surface area contributed by atoms with Gasteiger partial charge in [0, 0.05) is 24.8 Å². The maximum Gasteiger partial charge on any atom is 0.127 e. The molecule has 1 aromatic carbocycles. The third-order valence-electron chi connectivity index (χ3n) is 3.82. The van der Waals surface area contributed by atoms with Gasteiger partial charge in [0.25, 0.3) is 0 Å². The van der Waals surface area contributed by atoms with Crippen molar-refractivity contribution in [3.8, 4) is 0 Å². The van der Waals surface area contributed by atoms with Gasteiger partial charge in [0.05, 0.1) is 6.10 Å². The van der Waals surface area contributed by atoms with Crippen LogP contribution in [0.1, 0.15) is 44.2 Å². The van der Waals surface area contributed by atoms with Gasteiger partial charge in [0.15, 0.2) is 0 Å². The van der Waals surface area contributed by atoms with E-state index in [1.807, 2.05) is 19.1 Å². The van der Waals surface area contributed by atoms with E-state index in [2.05, 4.69) is 5.32 Å². The summed E-state index contributed by atoms with van der Waals surface area (Å²) in [6.07, 6.45) is 4.85. The van der Waals surface area contributed by atoms with Crippen LogP contribution in [0.15, 0.2) is 24.3 Å². The minimum absolute atomic E-state index is 0.0480. The molecule has 0 radical (unpaired) electrons. The van der Waals surface area contributed by atoms with E-state index in [9.17, 15) is 4.39 Å². The first kappa shape index (κ1) is 13.5. The van der Waals surface area contributed by atoms with Crippen molar-refractivity contribution in [2.24, 2.45) is 0 Å². The first-order valence-corrected chi connectivity index (χ1v) is 6.74. The van der Waals surface area contributed by atoms with Crippen molar-refractivity contribution in [2.45, 2.75) is 50.8 Å². The molecular formula is C15H22FNO. The molecule has 0 aromatic heterocycles. The van der Waals surface area contributed by atoms with E-state index in [0.717, 1.165) is 24.8 Å². The maximum atomic E-state index is 13.7. The van der Waals surface area contributed by atoms with E-state index >= 15 is 0 Å². The predicted octanol–water partition coefficient (Wildman–Crippen LogP) is 3.43. The summed E-state index contributed by atoms with van der Waals surface area (Å²) in [7, 11) is 1.77. The van der Waals surface area contributed by atoms with Gasteiger partial charge in [-0.1, -0.05) is 18.2 Å². The number of hydrogen-bond donors (Lipinski definition) is 1. The van der Waals surface area contributed by atoms with Gasteiger partial charge in [0.1, 0.15) is 5.82 Å². The average molecular weight is 251 g/mol. The quantitative estimate of drug-likeness (QED) is 0.885. The van der Waals surface area contributed by atoms with E-state index in [1.165, 1.54) is 12.5 Å². The van der Waals surface area contributed by atoms with Gasteiger partial charge in [-0.3, -0.25) is 0 Å². The van der Waals surface area contributed by atoms with E-state index in [-0.39, 0.29) is 11.9 Å². The van der Waals surface area contributed by atoms with Crippen molar-refractivity contribution in [3.05, 3.63) is 35.6 Å². The Morgan fingerprint density at radius 2 is 2.11 bits per heavy atom. The van der Waals surface area contributed by atoms with E-state index in [0.29, 0.717) is 12.1 Å². The number of halogens is 1. The highest BCUT2D eigenvalue weighted by molar-refractivity contribution is 5.20. The second-order valence-corrected chi connectivity index (χ2v) is 5.13. The van der Waals surface area contributed by atoms with Crippen LogP contribution in [-0.4, -0.2) is 19.3 Å². The summed E-state index contributed by atoms with van der Waals surface area (Å²) in [6.45, 7) is 2.02. The highest BCUT2D eigenvalue weighted by atomic mass is 19.1. The number of benzene rings is 1. The topological polar surface area (TPSA) is 21.3 Å². The molecule has 1 aliphatic rings. The average Bonchev–Trinajstić information content (AvgIpc) is 2.39. The zero-order valence-corrected chi connectivity index (χ0v) is 11.2. The van der Waals surface area contributed by atoms with Crippen LogP contribution >= 0.6 is 0 Å². The third-order valence-corrected chi connectivity index (χ3v) is 3.82. The zero-order chi connectivity index (χ0) is 13.0. The van der Waals surface area contributed by atoms with Crippen LogP contribution in [0.5, 0.6) is 0 Å². The third kappa shape index (κ3) is 3.30. The summed E-state index contributed by atoms with van der Waals surface area (Å²) < 4.78 is 19.1. The highest BCUT2D eigenvalue weighted by Gasteiger charge is 2.23. The van der Waals surface area contributed by atoms with E-state index < -0.39 is 0 Å². The second kappa shape index (κ2) is 6.30. The molecule has 2 nitrogen and oxygen atoms in total. The molecule has 3 heteroatoms. The minimum Gasteiger partial charge on any atom is -0.381 e. The molecule has 1 aromatic rings. The number of hydrogen-bond acceptors (Lipinski definition) is 2. The van der Waals surface area contributed by atoms with Crippen molar-refractivity contribution in [1.29, 1.82) is 0 Å². The van der Waals surface area contributed by atoms with E-state index in [4.69, 9.17) is 4.74 Å². The molecule has 0 saturated heterocycles. The van der Waals surface area contributed by atoms with E-state index in [1.54, 1.807) is 13.2 Å². The predicted molar refractivity (Wildman–Crippen MR) is 71.0 cm³/mol. The molecule has 0 heterocycles. The van der Waals surface area contributed by atoms with Crippen LogP contribution < -0.4 is 5.32 Å². The van der Waals surface area contributed by atoms with Crippen LogP contribution in [0.2, 0.25) is 0 Å². The fraction of sp³-hybridized carbons (Fsp3) is 0.600. The van der Waals surface area contributed by atoms with Crippen LogP contribution in [0.4, 0.5) is 4.39 Å². The SMILES string of the molecule is COC1CCCC(N[C@H](C)c2ccccc2F)C1. The first-order valence-electron chi connectivity index (χ1n) is 6.74. The lowest BCUT2D eigenvalue weighted by Gasteiger charge is -2.31. The first-order chi connectivity index (χ1) is 8.70. The Morgan fingerprint density at radius 3 is 2.83 bits per heavy atom. The molecule has 2 unspecified atom stereocenters. The monoisotopic (exact) mass is 251 g/mol. The fourth-order valence-electron chi connectivity index (χ4n) is 2.78. The number of nitrogens with one attached hydrogen (secondary N) is 1. The van der Waals surface area contributed by atoms with Crippen molar-refractivity contribution >= 4 is 0 Å². The normalized spacial score (nSPS) is 25.9. The summed E-state index contributed by atoms with van der Waals surface area (Å²) in [5, 5.41) is 3.52. The molecule has 1 N–H and O–H groups in total. The van der Waals surface area contributed by atoms with Crippen molar-refractivity contribution in [3.63, 3.8) is 0 Å². The Bertz CT molecular complexity index is 383. The molecule has 2 rings (SSSR count). The highest BCUT2D eigenvalue weighted by Crippen LogP contribution is 2.24. The Morgan fingerprint density at radius 1 is 1.33 bits per heavy atom. The zero-order valence-electron chi connectivity index (χ0n) is 11.2. The smallest absolute Gasteiger partial charge is 0.127 e. The summed E-state index contributed by atoms with van der Waals surface area (Å²) >= 11 is 0. The molecule has 18 heavy (non-hydrogen) atoms. The Balaban J connectivity index is 1.95. The molecule has 1 aliphatic carbocycles. The van der Waals surface area contributed by atoms with Gasteiger partial charge >= 0.3 is 0 Å². The molecule has 0 amide bonds. The Labute approximate surface area is 109 Å². The minimum atomic E-state index is -0.128. The van der Waals surface area contributed by atoms with Gasteiger partial charge in [-0.2, -0.15) is 0 Å². The number of methoxy groups -OCH3 is 1. The Hall–Kier alpha value is -0.930. The molecule has 0 aliphatic heterocycles. The summed E-state index contributed by atoms with van der Waals surface area (Å²) in [5.41, 5.74) is 0.747. The van der Waals surface area contributed by atoms with Crippen LogP contribution in [-0.2, 0) is 4.74 Å². The van der Waals surface area contributed by atoms with Gasteiger partial charge in [-0.05, 0) is 38.7 Å². The molecule has 0 spiro atoms. The molecular weight excluding hydrogens is 229 g/mol. The molecule has 1 fully saturated rings. The summed E-state index contributed by atoms with van der Waals surface area (Å²) in [6, 6.07) is 7.46.